The van der Waals surface area contributed by atoms with Crippen LogP contribution >= 0.6 is 0 Å². The van der Waals surface area contributed by atoms with Gasteiger partial charge >= 0.3 is 0 Å². The number of amides is 2. The molecule has 0 aliphatic carbocycles. The summed E-state index contributed by atoms with van der Waals surface area (Å²) in [5, 5.41) is 5.32. The lowest BCUT2D eigenvalue weighted by Crippen LogP contribution is -2.22. The van der Waals surface area contributed by atoms with Gasteiger partial charge in [0.2, 0.25) is 11.8 Å². The van der Waals surface area contributed by atoms with Gasteiger partial charge in [-0.1, -0.05) is 12.1 Å². The summed E-state index contributed by atoms with van der Waals surface area (Å²) >= 11 is 0. The number of carbonyl (C=O) groups excluding carboxylic acids is 2. The predicted molar refractivity (Wildman–Crippen MR) is 78.5 cm³/mol. The fourth-order valence-electron chi connectivity index (χ4n) is 1.70. The summed E-state index contributed by atoms with van der Waals surface area (Å²) < 4.78 is 13.3. The van der Waals surface area contributed by atoms with Gasteiger partial charge in [-0.15, -0.1) is 0 Å². The number of carbonyl (C=O) groups is 2. The fourth-order valence-corrected chi connectivity index (χ4v) is 1.70. The summed E-state index contributed by atoms with van der Waals surface area (Å²) in [6, 6.07) is 12.3. The van der Waals surface area contributed by atoms with Gasteiger partial charge in [0.25, 0.3) is 0 Å². The lowest BCUT2D eigenvalue weighted by Gasteiger charge is -2.08. The van der Waals surface area contributed by atoms with E-state index in [2.05, 4.69) is 10.6 Å². The summed E-state index contributed by atoms with van der Waals surface area (Å²) in [6.07, 6.45) is 0. The standard InChI is InChI=1S/C15H14FN3O2/c16-12-3-1-2-4-13(12)18-9-14(20)19-11-7-5-10(6-8-11)15(17)21/h1-8,18H,9H2,(H2,17,21)(H,19,20). The van der Waals surface area contributed by atoms with Gasteiger partial charge in [-0.05, 0) is 36.4 Å². The predicted octanol–water partition coefficient (Wildman–Crippen LogP) is 1.98. The van der Waals surface area contributed by atoms with Gasteiger partial charge in [0, 0.05) is 11.3 Å². The minimum atomic E-state index is -0.533. The van der Waals surface area contributed by atoms with Crippen molar-refractivity contribution in [3.8, 4) is 0 Å². The maximum absolute atomic E-state index is 13.3. The van der Waals surface area contributed by atoms with Crippen molar-refractivity contribution >= 4 is 23.2 Å². The van der Waals surface area contributed by atoms with Gasteiger partial charge in [0.1, 0.15) is 5.82 Å². The highest BCUT2D eigenvalue weighted by molar-refractivity contribution is 5.96. The zero-order valence-corrected chi connectivity index (χ0v) is 11.1. The van der Waals surface area contributed by atoms with Crippen LogP contribution in [-0.2, 0) is 4.79 Å². The molecular weight excluding hydrogens is 273 g/mol. The molecule has 2 rings (SSSR count). The number of hydrogen-bond acceptors (Lipinski definition) is 3. The Bertz CT molecular complexity index is 656. The molecule has 0 bridgehead atoms. The highest BCUT2D eigenvalue weighted by Gasteiger charge is 2.05. The number of benzene rings is 2. The zero-order valence-electron chi connectivity index (χ0n) is 11.1. The van der Waals surface area contributed by atoms with Gasteiger partial charge in [0.05, 0.1) is 12.2 Å². The van der Waals surface area contributed by atoms with Crippen LogP contribution < -0.4 is 16.4 Å². The van der Waals surface area contributed by atoms with Crippen molar-refractivity contribution in [1.82, 2.24) is 0 Å². The second kappa shape index (κ2) is 6.51. The summed E-state index contributed by atoms with van der Waals surface area (Å²) in [4.78, 5) is 22.6. The molecule has 0 unspecified atom stereocenters. The Hall–Kier alpha value is -2.89. The lowest BCUT2D eigenvalue weighted by molar-refractivity contribution is -0.114. The molecule has 6 heteroatoms. The highest BCUT2D eigenvalue weighted by Crippen LogP contribution is 2.12. The Balaban J connectivity index is 1.90. The first kappa shape index (κ1) is 14.5. The van der Waals surface area contributed by atoms with Crippen LogP contribution in [0.5, 0.6) is 0 Å². The maximum Gasteiger partial charge on any atom is 0.248 e. The summed E-state index contributed by atoms with van der Waals surface area (Å²) in [5.41, 5.74) is 6.27. The molecule has 0 fully saturated rings. The minimum absolute atomic E-state index is 0.0709. The Morgan fingerprint density at radius 1 is 1.05 bits per heavy atom. The van der Waals surface area contributed by atoms with Crippen LogP contribution in [0.1, 0.15) is 10.4 Å². The van der Waals surface area contributed by atoms with Crippen LogP contribution in [0.2, 0.25) is 0 Å². The van der Waals surface area contributed by atoms with Crippen LogP contribution in [0, 0.1) is 5.82 Å². The molecule has 2 aromatic carbocycles. The van der Waals surface area contributed by atoms with Gasteiger partial charge in [-0.25, -0.2) is 4.39 Å². The average molecular weight is 287 g/mol. The molecule has 0 aliphatic rings. The molecule has 0 heterocycles. The Morgan fingerprint density at radius 2 is 1.71 bits per heavy atom. The minimum Gasteiger partial charge on any atom is -0.374 e. The molecule has 4 N–H and O–H groups in total. The third-order valence-corrected chi connectivity index (χ3v) is 2.77. The average Bonchev–Trinajstić information content (AvgIpc) is 2.47. The van der Waals surface area contributed by atoms with Crippen molar-refractivity contribution in [2.24, 2.45) is 5.73 Å². The SMILES string of the molecule is NC(=O)c1ccc(NC(=O)CNc2ccccc2F)cc1. The van der Waals surface area contributed by atoms with Crippen LogP contribution in [0.15, 0.2) is 48.5 Å². The first-order valence-electron chi connectivity index (χ1n) is 6.24. The monoisotopic (exact) mass is 287 g/mol. The molecule has 0 atom stereocenters. The quantitative estimate of drug-likeness (QED) is 0.786. The van der Waals surface area contributed by atoms with E-state index in [1.165, 1.54) is 18.2 Å². The van der Waals surface area contributed by atoms with Gasteiger partial charge in [0.15, 0.2) is 0 Å². The van der Waals surface area contributed by atoms with Crippen LogP contribution in [0.3, 0.4) is 0 Å². The molecule has 108 valence electrons. The Morgan fingerprint density at radius 3 is 2.33 bits per heavy atom. The Labute approximate surface area is 121 Å². The van der Waals surface area contributed by atoms with Crippen LogP contribution in [0.4, 0.5) is 15.8 Å². The van der Waals surface area contributed by atoms with Gasteiger partial charge in [-0.3, -0.25) is 9.59 Å². The molecule has 0 spiro atoms. The second-order valence-electron chi connectivity index (χ2n) is 4.32. The molecule has 0 saturated heterocycles. The van der Waals surface area contributed by atoms with Gasteiger partial charge in [-0.2, -0.15) is 0 Å². The Kier molecular flexibility index (Phi) is 4.50. The molecule has 0 radical (unpaired) electrons. The van der Waals surface area contributed by atoms with E-state index < -0.39 is 11.7 Å². The highest BCUT2D eigenvalue weighted by atomic mass is 19.1. The largest absolute Gasteiger partial charge is 0.374 e. The number of hydrogen-bond donors (Lipinski definition) is 3. The maximum atomic E-state index is 13.3. The molecule has 21 heavy (non-hydrogen) atoms. The number of primary amides is 1. The van der Waals surface area contributed by atoms with Crippen LogP contribution in [0.25, 0.3) is 0 Å². The van der Waals surface area contributed by atoms with E-state index in [1.54, 1.807) is 30.3 Å². The number of nitrogens with two attached hydrogens (primary N) is 1. The zero-order chi connectivity index (χ0) is 15.2. The summed E-state index contributed by atoms with van der Waals surface area (Å²) in [7, 11) is 0. The first-order chi connectivity index (χ1) is 10.1. The third kappa shape index (κ3) is 4.04. The van der Waals surface area contributed by atoms with Crippen LogP contribution in [-0.4, -0.2) is 18.4 Å². The summed E-state index contributed by atoms with van der Waals surface area (Å²) in [6.45, 7) is -0.0709. The van der Waals surface area contributed by atoms with Crippen molar-refractivity contribution in [1.29, 1.82) is 0 Å². The molecule has 0 aromatic heterocycles. The van der Waals surface area contributed by atoms with E-state index in [-0.39, 0.29) is 18.1 Å². The van der Waals surface area contributed by atoms with Crippen molar-refractivity contribution in [2.75, 3.05) is 17.2 Å². The smallest absolute Gasteiger partial charge is 0.248 e. The number of anilines is 2. The van der Waals surface area contributed by atoms with Gasteiger partial charge < -0.3 is 16.4 Å². The van der Waals surface area contributed by atoms with Crippen molar-refractivity contribution in [3.05, 3.63) is 59.9 Å². The first-order valence-corrected chi connectivity index (χ1v) is 6.24. The number of halogens is 1. The van der Waals surface area contributed by atoms with E-state index in [1.807, 2.05) is 0 Å². The number of para-hydroxylation sites is 1. The molecule has 0 aliphatic heterocycles. The third-order valence-electron chi connectivity index (χ3n) is 2.77. The van der Waals surface area contributed by atoms with E-state index >= 15 is 0 Å². The summed E-state index contributed by atoms with van der Waals surface area (Å²) in [5.74, 6) is -1.28. The second-order valence-corrected chi connectivity index (χ2v) is 4.32. The molecular formula is C15H14FN3O2. The molecule has 2 amide bonds. The molecule has 0 saturated carbocycles. The van der Waals surface area contributed by atoms with E-state index in [0.29, 0.717) is 11.3 Å². The fraction of sp³-hybridized carbons (Fsp3) is 0.0667. The van der Waals surface area contributed by atoms with E-state index in [0.717, 1.165) is 0 Å². The van der Waals surface area contributed by atoms with Crippen molar-refractivity contribution in [2.45, 2.75) is 0 Å². The number of nitrogens with one attached hydrogen (secondary N) is 2. The normalized spacial score (nSPS) is 9.95. The lowest BCUT2D eigenvalue weighted by atomic mass is 10.2. The number of rotatable bonds is 5. The van der Waals surface area contributed by atoms with E-state index in [9.17, 15) is 14.0 Å². The van der Waals surface area contributed by atoms with Crippen molar-refractivity contribution in [3.63, 3.8) is 0 Å². The van der Waals surface area contributed by atoms with Crippen molar-refractivity contribution < 1.29 is 14.0 Å². The molecule has 5 nitrogen and oxygen atoms in total. The molecule has 2 aromatic rings. The topological polar surface area (TPSA) is 84.2 Å². The van der Waals surface area contributed by atoms with E-state index in [4.69, 9.17) is 5.73 Å².